The maximum absolute atomic E-state index is 12.6. The fourth-order valence-electron chi connectivity index (χ4n) is 3.89. The Kier molecular flexibility index (Phi) is 4.67. The lowest BCUT2D eigenvalue weighted by molar-refractivity contribution is -0.125. The van der Waals surface area contributed by atoms with Gasteiger partial charge >= 0.3 is 0 Å². The summed E-state index contributed by atoms with van der Waals surface area (Å²) in [6.07, 6.45) is 1.70. The number of thiazole rings is 1. The number of H-pyrrole nitrogens is 1. The van der Waals surface area contributed by atoms with E-state index in [2.05, 4.69) is 45.3 Å². The number of nitrogens with zero attached hydrogens (tertiary/aromatic N) is 3. The van der Waals surface area contributed by atoms with Crippen LogP contribution in [-0.2, 0) is 11.3 Å². The van der Waals surface area contributed by atoms with Crippen LogP contribution in [0.15, 0.2) is 42.5 Å². The number of aryl methyl sites for hydroxylation is 1. The van der Waals surface area contributed by atoms with Gasteiger partial charge in [-0.1, -0.05) is 29.5 Å². The summed E-state index contributed by atoms with van der Waals surface area (Å²) in [4.78, 5) is 27.5. The van der Waals surface area contributed by atoms with Crippen LogP contribution in [0.4, 0.5) is 5.13 Å². The molecule has 1 fully saturated rings. The van der Waals surface area contributed by atoms with Gasteiger partial charge in [0.1, 0.15) is 5.82 Å². The van der Waals surface area contributed by atoms with Crippen molar-refractivity contribution in [3.8, 4) is 0 Å². The molecule has 1 aliphatic rings. The van der Waals surface area contributed by atoms with E-state index in [1.165, 1.54) is 10.3 Å². The normalized spacial score (nSPS) is 15.3. The zero-order valence-corrected chi connectivity index (χ0v) is 17.1. The number of aromatic amines is 1. The summed E-state index contributed by atoms with van der Waals surface area (Å²) in [5.41, 5.74) is 4.24. The summed E-state index contributed by atoms with van der Waals surface area (Å²) in [5.74, 6) is 0.957. The van der Waals surface area contributed by atoms with Crippen LogP contribution < -0.4 is 10.2 Å². The van der Waals surface area contributed by atoms with E-state index >= 15 is 0 Å². The van der Waals surface area contributed by atoms with Gasteiger partial charge in [-0.25, -0.2) is 9.97 Å². The quantitative estimate of drug-likeness (QED) is 0.538. The maximum Gasteiger partial charge on any atom is 0.223 e. The molecule has 0 radical (unpaired) electrons. The summed E-state index contributed by atoms with van der Waals surface area (Å²) in [5, 5.41) is 4.11. The smallest absolute Gasteiger partial charge is 0.223 e. The first-order valence-electron chi connectivity index (χ1n) is 9.99. The average molecular weight is 406 g/mol. The monoisotopic (exact) mass is 405 g/mol. The number of aromatic nitrogens is 3. The molecule has 5 rings (SSSR count). The first kappa shape index (κ1) is 18.1. The number of nitrogens with one attached hydrogen (secondary N) is 2. The number of anilines is 1. The van der Waals surface area contributed by atoms with E-state index < -0.39 is 0 Å². The number of amides is 1. The molecule has 0 spiro atoms. The molecule has 1 saturated heterocycles. The molecular formula is C22H23N5OS. The number of hydrogen-bond acceptors (Lipinski definition) is 5. The van der Waals surface area contributed by atoms with Crippen LogP contribution in [0.3, 0.4) is 0 Å². The van der Waals surface area contributed by atoms with E-state index in [4.69, 9.17) is 4.98 Å². The van der Waals surface area contributed by atoms with E-state index in [9.17, 15) is 4.79 Å². The third kappa shape index (κ3) is 3.70. The molecule has 0 aliphatic carbocycles. The highest BCUT2D eigenvalue weighted by molar-refractivity contribution is 7.22. The Balaban J connectivity index is 1.17. The van der Waals surface area contributed by atoms with E-state index in [-0.39, 0.29) is 11.8 Å². The second kappa shape index (κ2) is 7.48. The summed E-state index contributed by atoms with van der Waals surface area (Å²) >= 11 is 1.74. The largest absolute Gasteiger partial charge is 0.349 e. The summed E-state index contributed by atoms with van der Waals surface area (Å²) < 4.78 is 1.23. The van der Waals surface area contributed by atoms with Crippen LogP contribution in [0.1, 0.15) is 24.2 Å². The van der Waals surface area contributed by atoms with Crippen LogP contribution in [0.25, 0.3) is 21.3 Å². The molecule has 1 amide bonds. The van der Waals surface area contributed by atoms with E-state index in [1.807, 2.05) is 24.3 Å². The van der Waals surface area contributed by atoms with E-state index in [1.54, 1.807) is 11.3 Å². The van der Waals surface area contributed by atoms with Crippen LogP contribution in [0, 0.1) is 12.8 Å². The molecule has 148 valence electrons. The predicted octanol–water partition coefficient (Wildman–Crippen LogP) is 4.01. The standard InChI is InChI=1S/C22H23N5OS/c1-14-6-7-18-19(12-14)29-22(26-18)27-10-8-15(9-11-27)21(28)23-13-20-24-16-4-2-3-5-17(16)25-20/h2-7,12,15H,8-11,13H2,1H3,(H,23,28)(H,24,25). The van der Waals surface area contributed by atoms with Crippen LogP contribution in [-0.4, -0.2) is 33.9 Å². The molecule has 7 heteroatoms. The van der Waals surface area contributed by atoms with Crippen molar-refractivity contribution in [2.45, 2.75) is 26.3 Å². The Labute approximate surface area is 173 Å². The van der Waals surface area contributed by atoms with Crippen LogP contribution in [0.5, 0.6) is 0 Å². The lowest BCUT2D eigenvalue weighted by Gasteiger charge is -2.30. The minimum absolute atomic E-state index is 0.0484. The SMILES string of the molecule is Cc1ccc2nc(N3CCC(C(=O)NCc4nc5ccccc5[nH]4)CC3)sc2c1. The number of para-hydroxylation sites is 2. The lowest BCUT2D eigenvalue weighted by atomic mass is 9.96. The van der Waals surface area contributed by atoms with Gasteiger partial charge in [0.15, 0.2) is 5.13 Å². The Morgan fingerprint density at radius 3 is 2.83 bits per heavy atom. The molecule has 0 bridgehead atoms. The number of imidazole rings is 1. The Bertz CT molecular complexity index is 1140. The topological polar surface area (TPSA) is 73.9 Å². The lowest BCUT2D eigenvalue weighted by Crippen LogP contribution is -2.40. The Morgan fingerprint density at radius 1 is 1.17 bits per heavy atom. The van der Waals surface area contributed by atoms with Crippen molar-refractivity contribution in [2.75, 3.05) is 18.0 Å². The first-order valence-corrected chi connectivity index (χ1v) is 10.8. The predicted molar refractivity (Wildman–Crippen MR) is 117 cm³/mol. The van der Waals surface area contributed by atoms with Crippen molar-refractivity contribution >= 4 is 43.6 Å². The highest BCUT2D eigenvalue weighted by atomic mass is 32.1. The fourth-order valence-corrected chi connectivity index (χ4v) is 5.01. The van der Waals surface area contributed by atoms with Gasteiger partial charge in [-0.2, -0.15) is 0 Å². The number of carbonyl (C=O) groups is 1. The van der Waals surface area contributed by atoms with Gasteiger partial charge in [0.25, 0.3) is 0 Å². The van der Waals surface area contributed by atoms with E-state index in [0.717, 1.165) is 53.4 Å². The summed E-state index contributed by atoms with van der Waals surface area (Å²) in [6, 6.07) is 14.3. The fraction of sp³-hybridized carbons (Fsp3) is 0.318. The third-order valence-corrected chi connectivity index (χ3v) is 6.62. The molecule has 2 aromatic carbocycles. The van der Waals surface area contributed by atoms with Crippen molar-refractivity contribution in [1.29, 1.82) is 0 Å². The second-order valence-corrected chi connectivity index (χ2v) is 8.66. The van der Waals surface area contributed by atoms with E-state index in [0.29, 0.717) is 6.54 Å². The number of hydrogen-bond donors (Lipinski definition) is 2. The minimum atomic E-state index is 0.0484. The molecule has 29 heavy (non-hydrogen) atoms. The van der Waals surface area contributed by atoms with Gasteiger partial charge in [0.05, 0.1) is 27.8 Å². The third-order valence-electron chi connectivity index (χ3n) is 5.54. The van der Waals surface area contributed by atoms with Gasteiger partial charge in [0.2, 0.25) is 5.91 Å². The van der Waals surface area contributed by atoms with Crippen molar-refractivity contribution in [2.24, 2.45) is 5.92 Å². The van der Waals surface area contributed by atoms with Crippen molar-refractivity contribution in [1.82, 2.24) is 20.3 Å². The number of carbonyl (C=O) groups excluding carboxylic acids is 1. The first-order chi connectivity index (χ1) is 14.2. The molecular weight excluding hydrogens is 382 g/mol. The average Bonchev–Trinajstić information content (AvgIpc) is 3.35. The van der Waals surface area contributed by atoms with Gasteiger partial charge in [-0.15, -0.1) is 0 Å². The number of rotatable bonds is 4. The highest BCUT2D eigenvalue weighted by Gasteiger charge is 2.26. The minimum Gasteiger partial charge on any atom is -0.349 e. The summed E-state index contributed by atoms with van der Waals surface area (Å²) in [6.45, 7) is 4.27. The van der Waals surface area contributed by atoms with Gasteiger partial charge in [-0.05, 0) is 49.6 Å². The molecule has 2 aromatic heterocycles. The maximum atomic E-state index is 12.6. The van der Waals surface area contributed by atoms with Gasteiger partial charge in [0, 0.05) is 19.0 Å². The second-order valence-electron chi connectivity index (χ2n) is 7.65. The Hall–Kier alpha value is -2.93. The molecule has 2 N–H and O–H groups in total. The summed E-state index contributed by atoms with van der Waals surface area (Å²) in [7, 11) is 0. The van der Waals surface area contributed by atoms with Gasteiger partial charge in [-0.3, -0.25) is 4.79 Å². The molecule has 0 saturated carbocycles. The number of benzene rings is 2. The van der Waals surface area contributed by atoms with Crippen molar-refractivity contribution < 1.29 is 4.79 Å². The molecule has 6 nitrogen and oxygen atoms in total. The molecule has 0 atom stereocenters. The zero-order chi connectivity index (χ0) is 19.8. The van der Waals surface area contributed by atoms with Crippen molar-refractivity contribution in [3.63, 3.8) is 0 Å². The zero-order valence-electron chi connectivity index (χ0n) is 16.3. The van der Waals surface area contributed by atoms with Gasteiger partial charge < -0.3 is 15.2 Å². The highest BCUT2D eigenvalue weighted by Crippen LogP contribution is 2.32. The number of fused-ring (bicyclic) bond motifs is 2. The van der Waals surface area contributed by atoms with Crippen molar-refractivity contribution in [3.05, 3.63) is 53.9 Å². The molecule has 0 unspecified atom stereocenters. The molecule has 4 aromatic rings. The van der Waals surface area contributed by atoms with Crippen LogP contribution >= 0.6 is 11.3 Å². The van der Waals surface area contributed by atoms with Crippen LogP contribution in [0.2, 0.25) is 0 Å². The molecule has 3 heterocycles. The Morgan fingerprint density at radius 2 is 2.00 bits per heavy atom. The number of piperidine rings is 1. The molecule has 1 aliphatic heterocycles.